The molecule has 7 rings (SSSR count). The second kappa shape index (κ2) is 19.3. The summed E-state index contributed by atoms with van der Waals surface area (Å²) in [5.74, 6) is -1.39. The number of aliphatic hydroxyl groups excluding tert-OH is 2. The zero-order valence-corrected chi connectivity index (χ0v) is 33.8. The van der Waals surface area contributed by atoms with Gasteiger partial charge in [-0.1, -0.05) is 42.3 Å². The highest BCUT2D eigenvalue weighted by atomic mass is 19.1. The van der Waals surface area contributed by atoms with E-state index in [0.717, 1.165) is 62.2 Å². The molecule has 0 radical (unpaired) electrons. The topological polar surface area (TPSA) is 137 Å². The Morgan fingerprint density at radius 3 is 2.49 bits per heavy atom. The summed E-state index contributed by atoms with van der Waals surface area (Å²) in [4.78, 5) is 24.7. The van der Waals surface area contributed by atoms with Crippen LogP contribution in [-0.2, 0) is 16.1 Å². The van der Waals surface area contributed by atoms with E-state index in [4.69, 9.17) is 19.0 Å². The molecule has 2 N–H and O–H groups in total. The zero-order chi connectivity index (χ0) is 41.4. The first kappa shape index (κ1) is 42.1. The first-order valence-electron chi connectivity index (χ1n) is 20.9. The maximum atomic E-state index is 15.1. The predicted molar refractivity (Wildman–Crippen MR) is 221 cm³/mol. The molecule has 11 nitrogen and oxygen atoms in total. The van der Waals surface area contributed by atoms with E-state index in [1.165, 1.54) is 19.2 Å². The van der Waals surface area contributed by atoms with E-state index in [1.807, 2.05) is 12.1 Å². The highest BCUT2D eigenvalue weighted by Gasteiger charge is 2.65. The summed E-state index contributed by atoms with van der Waals surface area (Å²) in [6, 6.07) is 19.9. The van der Waals surface area contributed by atoms with E-state index in [-0.39, 0.29) is 56.4 Å². The number of fused-ring (bicyclic) bond motifs is 2. The van der Waals surface area contributed by atoms with Gasteiger partial charge in [-0.25, -0.2) is 4.39 Å². The maximum absolute atomic E-state index is 15.1. The van der Waals surface area contributed by atoms with Crippen LogP contribution in [0, 0.1) is 34.9 Å². The van der Waals surface area contributed by atoms with Gasteiger partial charge in [0.15, 0.2) is 0 Å². The van der Waals surface area contributed by atoms with Gasteiger partial charge in [0.05, 0.1) is 29.9 Å². The number of aliphatic hydroxyl groups is 2. The van der Waals surface area contributed by atoms with Gasteiger partial charge in [-0.2, -0.15) is 5.26 Å². The Hall–Kier alpha value is -5.06. The first-order chi connectivity index (χ1) is 28.8. The van der Waals surface area contributed by atoms with Gasteiger partial charge in [0.25, 0.3) is 5.91 Å². The number of hydrogen-bond acceptors (Lipinski definition) is 10. The van der Waals surface area contributed by atoms with Crippen molar-refractivity contribution >= 4 is 11.6 Å². The summed E-state index contributed by atoms with van der Waals surface area (Å²) in [6.07, 6.45) is 8.76. The normalized spacial score (nSPS) is 24.8. The Labute approximate surface area is 346 Å². The minimum atomic E-state index is -1.47. The first-order valence-corrected chi connectivity index (χ1v) is 20.9. The zero-order valence-electron chi connectivity index (χ0n) is 33.8. The minimum Gasteiger partial charge on any atom is -0.492 e. The van der Waals surface area contributed by atoms with E-state index in [2.05, 4.69) is 34.8 Å². The number of unbranched alkanes of at least 4 members (excludes halogenated alkanes) is 2. The average Bonchev–Trinajstić information content (AvgIpc) is 4.09. The molecule has 1 saturated heterocycles. The molecule has 0 aromatic heterocycles. The van der Waals surface area contributed by atoms with E-state index >= 15 is 4.79 Å². The number of nitriles is 1. The third kappa shape index (κ3) is 9.24. The summed E-state index contributed by atoms with van der Waals surface area (Å²) in [5, 5.41) is 34.0. The quantitative estimate of drug-likeness (QED) is 0.0536. The molecular formula is C47H55FN4O7. The van der Waals surface area contributed by atoms with Crippen LogP contribution in [0.2, 0.25) is 0 Å². The van der Waals surface area contributed by atoms with Gasteiger partial charge in [0.2, 0.25) is 5.79 Å². The third-order valence-corrected chi connectivity index (χ3v) is 12.2. The monoisotopic (exact) mass is 806 g/mol. The molecule has 0 bridgehead atoms. The Bertz CT molecular complexity index is 2030. The number of hydrogen-bond donors (Lipinski definition) is 2. The van der Waals surface area contributed by atoms with Gasteiger partial charge in [0, 0.05) is 62.9 Å². The molecule has 2 heterocycles. The molecule has 3 aromatic rings. The lowest BCUT2D eigenvalue weighted by Crippen LogP contribution is -2.70. The molecule has 1 amide bonds. The van der Waals surface area contributed by atoms with Crippen molar-refractivity contribution in [3.8, 4) is 17.6 Å². The molecule has 2 fully saturated rings. The molecular weight excluding hydrogens is 752 g/mol. The van der Waals surface area contributed by atoms with Crippen molar-refractivity contribution in [1.29, 1.82) is 5.26 Å². The van der Waals surface area contributed by atoms with Crippen LogP contribution in [0.5, 0.6) is 11.5 Å². The molecule has 312 valence electrons. The number of nitrogens with zero attached hydrogens (tertiary/aromatic N) is 4. The predicted octanol–water partition coefficient (Wildman–Crippen LogP) is 7.00. The second-order valence-electron chi connectivity index (χ2n) is 15.9. The fourth-order valence-electron chi connectivity index (χ4n) is 9.40. The maximum Gasteiger partial charge on any atom is 0.254 e. The van der Waals surface area contributed by atoms with Crippen LogP contribution >= 0.6 is 0 Å². The summed E-state index contributed by atoms with van der Waals surface area (Å²) in [5.41, 5.74) is 4.06. The number of benzene rings is 3. The molecule has 3 aromatic carbocycles. The van der Waals surface area contributed by atoms with Gasteiger partial charge in [-0.3, -0.25) is 9.69 Å². The van der Waals surface area contributed by atoms with Crippen LogP contribution in [0.1, 0.15) is 77.9 Å². The average molecular weight is 807 g/mol. The lowest BCUT2D eigenvalue weighted by atomic mass is 9.55. The third-order valence-electron chi connectivity index (χ3n) is 12.2. The molecule has 0 unspecified atom stereocenters. The summed E-state index contributed by atoms with van der Waals surface area (Å²) in [7, 11) is 1.52. The summed E-state index contributed by atoms with van der Waals surface area (Å²) < 4.78 is 35.0. The van der Waals surface area contributed by atoms with Crippen molar-refractivity contribution in [2.24, 2.45) is 22.9 Å². The highest BCUT2D eigenvalue weighted by Crippen LogP contribution is 2.62. The molecule has 2 aliphatic carbocycles. The minimum absolute atomic E-state index is 0.0542. The molecule has 59 heavy (non-hydrogen) atoms. The molecule has 6 atom stereocenters. The van der Waals surface area contributed by atoms with Crippen molar-refractivity contribution in [1.82, 2.24) is 9.80 Å². The molecule has 2 aliphatic heterocycles. The van der Waals surface area contributed by atoms with E-state index < -0.39 is 23.6 Å². The molecule has 12 heteroatoms. The Balaban J connectivity index is 1.43. The fraction of sp³-hybridized carbons (Fsp3) is 0.468. The lowest BCUT2D eigenvalue weighted by Gasteiger charge is -2.60. The Kier molecular flexibility index (Phi) is 13.8. The van der Waals surface area contributed by atoms with Crippen LogP contribution in [0.25, 0.3) is 0 Å². The number of oxime groups is 1. The van der Waals surface area contributed by atoms with Crippen molar-refractivity contribution in [3.63, 3.8) is 0 Å². The number of carbonyl (C=O) groups is 1. The van der Waals surface area contributed by atoms with Crippen molar-refractivity contribution in [2.75, 3.05) is 53.2 Å². The van der Waals surface area contributed by atoms with Gasteiger partial charge in [-0.15, -0.1) is 6.58 Å². The Morgan fingerprint density at radius 1 is 1.07 bits per heavy atom. The smallest absolute Gasteiger partial charge is 0.254 e. The van der Waals surface area contributed by atoms with E-state index in [9.17, 15) is 19.9 Å². The number of ether oxygens (including phenoxy) is 3. The van der Waals surface area contributed by atoms with Crippen molar-refractivity contribution < 1.29 is 38.4 Å². The second-order valence-corrected chi connectivity index (χ2v) is 15.9. The summed E-state index contributed by atoms with van der Waals surface area (Å²) in [6.45, 7) is 7.96. The number of allylic oxidation sites excluding steroid dienone is 1. The van der Waals surface area contributed by atoms with Gasteiger partial charge in [0.1, 0.15) is 37.1 Å². The van der Waals surface area contributed by atoms with Crippen LogP contribution in [-0.4, -0.2) is 96.6 Å². The molecule has 1 saturated carbocycles. The molecule has 4 aliphatic rings. The van der Waals surface area contributed by atoms with Gasteiger partial charge in [-0.05, 0) is 103 Å². The number of amides is 1. The van der Waals surface area contributed by atoms with Crippen LogP contribution in [0.4, 0.5) is 4.39 Å². The van der Waals surface area contributed by atoms with Gasteiger partial charge < -0.3 is 34.2 Å². The summed E-state index contributed by atoms with van der Waals surface area (Å²) >= 11 is 0. The van der Waals surface area contributed by atoms with E-state index in [0.29, 0.717) is 47.6 Å². The SMILES string of the molecule is C=CCO[C@@]12Oc3ccc(OCCN4CC4)cc3[C@H]3[C@H](CCCCO)[C@@H](CCCCO)C=C(C(=NOC)C[C@@H]1N(Cc1ccc(F)cc1)C(=O)c1ccc(C#N)cc1)[C@H]32. The van der Waals surface area contributed by atoms with Crippen LogP contribution < -0.4 is 9.47 Å². The Morgan fingerprint density at radius 2 is 1.81 bits per heavy atom. The number of rotatable bonds is 20. The largest absolute Gasteiger partial charge is 0.492 e. The van der Waals surface area contributed by atoms with E-state index in [1.54, 1.807) is 47.4 Å². The molecule has 0 spiro atoms. The van der Waals surface area contributed by atoms with Gasteiger partial charge >= 0.3 is 0 Å². The highest BCUT2D eigenvalue weighted by molar-refractivity contribution is 6.03. The lowest BCUT2D eigenvalue weighted by molar-refractivity contribution is -0.255. The standard InChI is InChI=1S/C47H55FN4O7/c1-3-25-58-47-43(52(31-33-12-16-36(48)17-13-33)46(55)34-14-10-32(30-49)11-15-34)29-41(50-56-2)39-27-35(8-4-6-23-53)38(9-5-7-24-54)44(45(39)47)40-28-37(18-19-42(40)59-47)57-26-22-51-20-21-51/h3,10-19,27-28,35,38,43-45,53-54H,1,4-9,20-26,29,31H2,2H3/t35-,38+,43-,44+,45+,47+/m0/s1. The van der Waals surface area contributed by atoms with Crippen LogP contribution in [0.15, 0.2) is 96.2 Å². The van der Waals surface area contributed by atoms with Crippen molar-refractivity contribution in [2.45, 2.75) is 69.2 Å². The number of halogens is 1. The van der Waals surface area contributed by atoms with Crippen LogP contribution in [0.3, 0.4) is 0 Å². The fourth-order valence-corrected chi connectivity index (χ4v) is 9.40. The number of carbonyl (C=O) groups excluding carboxylic acids is 1. The van der Waals surface area contributed by atoms with Crippen molar-refractivity contribution in [3.05, 3.63) is 119 Å².